The van der Waals surface area contributed by atoms with Gasteiger partial charge in [0.2, 0.25) is 0 Å². The molecule has 0 radical (unpaired) electrons. The van der Waals surface area contributed by atoms with Crippen LogP contribution in [0.5, 0.6) is 0 Å². The molecule has 110 valence electrons. The SMILES string of the molecule is CCCCSP(=O)(SCCCC)S(=O)CCCC. The maximum atomic E-state index is 12.8. The van der Waals surface area contributed by atoms with Gasteiger partial charge in [-0.2, -0.15) is 0 Å². The quantitative estimate of drug-likeness (QED) is 0.339. The largest absolute Gasteiger partial charge is 0.286 e. The fourth-order valence-corrected chi connectivity index (χ4v) is 14.4. The van der Waals surface area contributed by atoms with Crippen LogP contribution in [0.1, 0.15) is 59.3 Å². The van der Waals surface area contributed by atoms with E-state index in [-0.39, 0.29) is 0 Å². The Morgan fingerprint density at radius 1 is 0.889 bits per heavy atom. The summed E-state index contributed by atoms with van der Waals surface area (Å²) in [6.07, 6.45) is 6.27. The first-order valence-corrected chi connectivity index (χ1v) is 13.7. The van der Waals surface area contributed by atoms with Crippen LogP contribution in [-0.4, -0.2) is 21.5 Å². The summed E-state index contributed by atoms with van der Waals surface area (Å²) >= 11 is 2.95. The van der Waals surface area contributed by atoms with E-state index in [2.05, 4.69) is 20.8 Å². The molecule has 0 saturated heterocycles. The van der Waals surface area contributed by atoms with E-state index < -0.39 is 15.2 Å². The first-order valence-electron chi connectivity index (χ1n) is 6.88. The van der Waals surface area contributed by atoms with E-state index in [1.165, 1.54) is 22.8 Å². The van der Waals surface area contributed by atoms with Crippen LogP contribution in [0.25, 0.3) is 0 Å². The predicted molar refractivity (Wildman–Crippen MR) is 90.3 cm³/mol. The van der Waals surface area contributed by atoms with E-state index in [4.69, 9.17) is 0 Å². The van der Waals surface area contributed by atoms with Gasteiger partial charge in [-0.1, -0.05) is 62.8 Å². The lowest BCUT2D eigenvalue weighted by molar-refractivity contribution is 0.598. The monoisotopic (exact) mass is 330 g/mol. The number of hydrogen-bond acceptors (Lipinski definition) is 4. The van der Waals surface area contributed by atoms with Gasteiger partial charge in [0.05, 0.1) is 10.4 Å². The molecule has 0 amide bonds. The van der Waals surface area contributed by atoms with Crippen molar-refractivity contribution in [3.63, 3.8) is 0 Å². The predicted octanol–water partition coefficient (Wildman–Crippen LogP) is 5.71. The van der Waals surface area contributed by atoms with Crippen LogP contribution in [0.2, 0.25) is 0 Å². The van der Waals surface area contributed by atoms with Crippen molar-refractivity contribution in [2.75, 3.05) is 17.3 Å². The van der Waals surface area contributed by atoms with Crippen LogP contribution in [0, 0.1) is 0 Å². The van der Waals surface area contributed by atoms with Crippen LogP contribution < -0.4 is 0 Å². The number of rotatable bonds is 12. The van der Waals surface area contributed by atoms with E-state index in [9.17, 15) is 8.77 Å². The summed E-state index contributed by atoms with van der Waals surface area (Å²) in [6, 6.07) is 0. The lowest BCUT2D eigenvalue weighted by Gasteiger charge is -2.16. The zero-order valence-electron chi connectivity index (χ0n) is 11.9. The molecular formula is C12H27O2PS3. The van der Waals surface area contributed by atoms with E-state index >= 15 is 0 Å². The summed E-state index contributed by atoms with van der Waals surface area (Å²) in [5.41, 5.74) is 0. The summed E-state index contributed by atoms with van der Waals surface area (Å²) in [5, 5.41) is 0. The van der Waals surface area contributed by atoms with Crippen molar-refractivity contribution in [3.8, 4) is 0 Å². The highest BCUT2D eigenvalue weighted by Crippen LogP contribution is 2.72. The van der Waals surface area contributed by atoms with Gasteiger partial charge in [0.15, 0.2) is 0 Å². The van der Waals surface area contributed by atoms with Crippen LogP contribution in [-0.2, 0) is 15.0 Å². The third-order valence-electron chi connectivity index (χ3n) is 2.42. The second kappa shape index (κ2) is 11.9. The van der Waals surface area contributed by atoms with Crippen molar-refractivity contribution in [1.82, 2.24) is 0 Å². The topological polar surface area (TPSA) is 34.1 Å². The van der Waals surface area contributed by atoms with Gasteiger partial charge in [0.25, 0.3) is 4.75 Å². The fourth-order valence-electron chi connectivity index (χ4n) is 1.18. The zero-order chi connectivity index (χ0) is 13.9. The van der Waals surface area contributed by atoms with Crippen molar-refractivity contribution in [2.45, 2.75) is 59.3 Å². The van der Waals surface area contributed by atoms with Gasteiger partial charge in [-0.15, -0.1) is 0 Å². The first kappa shape index (κ1) is 19.1. The number of hydrogen-bond donors (Lipinski definition) is 0. The summed E-state index contributed by atoms with van der Waals surface area (Å²) in [4.78, 5) is 0. The van der Waals surface area contributed by atoms with Gasteiger partial charge in [-0.05, 0) is 19.3 Å². The highest BCUT2D eigenvalue weighted by molar-refractivity contribution is 9.11. The highest BCUT2D eigenvalue weighted by atomic mass is 33.4. The molecule has 0 spiro atoms. The molecule has 2 nitrogen and oxygen atoms in total. The van der Waals surface area contributed by atoms with Gasteiger partial charge in [-0.3, -0.25) is 8.77 Å². The van der Waals surface area contributed by atoms with Crippen LogP contribution in [0.3, 0.4) is 0 Å². The Kier molecular flexibility index (Phi) is 12.6. The Bertz CT molecular complexity index is 258. The summed E-state index contributed by atoms with van der Waals surface area (Å²) < 4.78 is 22.4. The Morgan fingerprint density at radius 3 is 1.72 bits per heavy atom. The van der Waals surface area contributed by atoms with Crippen molar-refractivity contribution < 1.29 is 8.77 Å². The van der Waals surface area contributed by atoms with Crippen LogP contribution >= 0.6 is 27.5 Å². The molecule has 0 bridgehead atoms. The van der Waals surface area contributed by atoms with Gasteiger partial charge in [-0.25, -0.2) is 0 Å². The second-order valence-electron chi connectivity index (χ2n) is 4.20. The maximum Gasteiger partial charge on any atom is 0.272 e. The molecule has 18 heavy (non-hydrogen) atoms. The molecule has 0 aromatic rings. The Morgan fingerprint density at radius 2 is 1.33 bits per heavy atom. The van der Waals surface area contributed by atoms with Gasteiger partial charge in [0, 0.05) is 17.3 Å². The maximum absolute atomic E-state index is 12.8. The van der Waals surface area contributed by atoms with Crippen LogP contribution in [0.15, 0.2) is 0 Å². The molecule has 0 aliphatic carbocycles. The van der Waals surface area contributed by atoms with E-state index in [1.54, 1.807) is 0 Å². The molecule has 0 saturated carbocycles. The third kappa shape index (κ3) is 8.29. The molecule has 0 aliphatic rings. The van der Waals surface area contributed by atoms with Crippen molar-refractivity contribution >= 4 is 37.9 Å². The molecule has 0 aromatic carbocycles. The standard InChI is InChI=1S/C12H27O2PS3/c1-4-7-10-16-15(13,17-11-8-5-2)18(14)12-9-6-3/h4-12H2,1-3H3. The molecule has 0 aliphatic heterocycles. The smallest absolute Gasteiger partial charge is 0.272 e. The van der Waals surface area contributed by atoms with Crippen molar-refractivity contribution in [3.05, 3.63) is 0 Å². The van der Waals surface area contributed by atoms with E-state index in [0.29, 0.717) is 5.75 Å². The lowest BCUT2D eigenvalue weighted by Crippen LogP contribution is -1.96. The molecule has 0 fully saturated rings. The lowest BCUT2D eigenvalue weighted by atomic mass is 10.4. The zero-order valence-corrected chi connectivity index (χ0v) is 15.2. The fraction of sp³-hybridized carbons (Fsp3) is 1.00. The third-order valence-corrected chi connectivity index (χ3v) is 17.0. The van der Waals surface area contributed by atoms with Crippen LogP contribution in [0.4, 0.5) is 0 Å². The average molecular weight is 331 g/mol. The summed E-state index contributed by atoms with van der Waals surface area (Å²) in [7, 11) is -1.15. The molecule has 1 unspecified atom stereocenters. The first-order chi connectivity index (χ1) is 8.60. The second-order valence-corrected chi connectivity index (χ2v) is 17.0. The molecule has 6 heteroatoms. The van der Waals surface area contributed by atoms with E-state index in [0.717, 1.165) is 50.0 Å². The summed E-state index contributed by atoms with van der Waals surface area (Å²) in [6.45, 7) is 6.34. The normalized spacial score (nSPS) is 13.7. The molecular weight excluding hydrogens is 303 g/mol. The number of unbranched alkanes of at least 4 members (excludes halogenated alkanes) is 3. The highest BCUT2D eigenvalue weighted by Gasteiger charge is 2.30. The molecule has 1 atom stereocenters. The minimum absolute atomic E-state index is 0.603. The minimum atomic E-state index is -2.59. The van der Waals surface area contributed by atoms with Crippen molar-refractivity contribution in [2.24, 2.45) is 0 Å². The minimum Gasteiger partial charge on any atom is -0.286 e. The molecule has 0 heterocycles. The van der Waals surface area contributed by atoms with E-state index in [1.807, 2.05) is 0 Å². The van der Waals surface area contributed by atoms with Gasteiger partial charge in [0.1, 0.15) is 0 Å². The summed E-state index contributed by atoms with van der Waals surface area (Å²) in [5.74, 6) is 2.36. The van der Waals surface area contributed by atoms with Gasteiger partial charge >= 0.3 is 0 Å². The molecule has 0 rings (SSSR count). The van der Waals surface area contributed by atoms with Gasteiger partial charge < -0.3 is 0 Å². The molecule has 0 N–H and O–H groups in total. The average Bonchev–Trinajstić information content (AvgIpc) is 2.36. The Hall–Kier alpha value is 1.08. The van der Waals surface area contributed by atoms with Crippen molar-refractivity contribution in [1.29, 1.82) is 0 Å². The Labute approximate surface area is 123 Å². The Balaban J connectivity index is 4.37. The molecule has 0 aromatic heterocycles.